The van der Waals surface area contributed by atoms with Crippen LogP contribution in [-0.4, -0.2) is 18.0 Å². The topological polar surface area (TPSA) is 51.2 Å². The first-order valence-electron chi connectivity index (χ1n) is 5.71. The molecule has 0 unspecified atom stereocenters. The highest BCUT2D eigenvalue weighted by atomic mass is 35.5. The van der Waals surface area contributed by atoms with Gasteiger partial charge in [0.25, 0.3) is 5.91 Å². The van der Waals surface area contributed by atoms with Crippen LogP contribution in [0.25, 0.3) is 0 Å². The number of benzene rings is 1. The van der Waals surface area contributed by atoms with Gasteiger partial charge in [0, 0.05) is 18.9 Å². The Labute approximate surface area is 116 Å². The van der Waals surface area contributed by atoms with Crippen molar-refractivity contribution < 1.29 is 9.53 Å². The number of hydrogen-bond acceptors (Lipinski definition) is 3. The summed E-state index contributed by atoms with van der Waals surface area (Å²) in [5, 5.41) is 3.33. The molecule has 5 heteroatoms. The molecule has 0 aliphatic rings. The third kappa shape index (κ3) is 3.45. The summed E-state index contributed by atoms with van der Waals surface area (Å²) in [6.07, 6.45) is 3.15. The van der Waals surface area contributed by atoms with Crippen molar-refractivity contribution >= 4 is 17.5 Å². The zero-order valence-corrected chi connectivity index (χ0v) is 11.1. The fourth-order valence-corrected chi connectivity index (χ4v) is 1.88. The van der Waals surface area contributed by atoms with Gasteiger partial charge in [-0.2, -0.15) is 0 Å². The van der Waals surface area contributed by atoms with E-state index in [4.69, 9.17) is 16.3 Å². The molecule has 0 aliphatic heterocycles. The van der Waals surface area contributed by atoms with Gasteiger partial charge in [-0.15, -0.1) is 0 Å². The van der Waals surface area contributed by atoms with Crippen LogP contribution in [0.2, 0.25) is 5.02 Å². The Morgan fingerprint density at radius 2 is 2.26 bits per heavy atom. The molecule has 0 atom stereocenters. The van der Waals surface area contributed by atoms with Crippen LogP contribution in [0.1, 0.15) is 15.9 Å². The van der Waals surface area contributed by atoms with Crippen molar-refractivity contribution in [3.63, 3.8) is 0 Å². The van der Waals surface area contributed by atoms with Gasteiger partial charge in [-0.05, 0) is 29.8 Å². The molecule has 0 saturated heterocycles. The molecule has 2 rings (SSSR count). The van der Waals surface area contributed by atoms with E-state index in [0.29, 0.717) is 22.9 Å². The van der Waals surface area contributed by atoms with E-state index in [1.54, 1.807) is 37.6 Å². The van der Waals surface area contributed by atoms with Gasteiger partial charge in [-0.3, -0.25) is 9.78 Å². The van der Waals surface area contributed by atoms with Crippen molar-refractivity contribution in [3.05, 3.63) is 58.9 Å². The summed E-state index contributed by atoms with van der Waals surface area (Å²) in [7, 11) is 1.56. The van der Waals surface area contributed by atoms with Gasteiger partial charge in [0.1, 0.15) is 5.75 Å². The van der Waals surface area contributed by atoms with E-state index in [-0.39, 0.29) is 5.91 Å². The second kappa shape index (κ2) is 6.20. The number of nitrogens with one attached hydrogen (secondary N) is 1. The molecule has 1 heterocycles. The first-order chi connectivity index (χ1) is 9.20. The number of ether oxygens (including phenoxy) is 1. The van der Waals surface area contributed by atoms with E-state index in [1.165, 1.54) is 6.20 Å². The predicted molar refractivity (Wildman–Crippen MR) is 73.4 cm³/mol. The van der Waals surface area contributed by atoms with Gasteiger partial charge in [0.2, 0.25) is 0 Å². The minimum Gasteiger partial charge on any atom is -0.495 e. The molecule has 1 aromatic heterocycles. The van der Waals surface area contributed by atoms with E-state index >= 15 is 0 Å². The Hall–Kier alpha value is -2.07. The van der Waals surface area contributed by atoms with Crippen molar-refractivity contribution in [3.8, 4) is 5.75 Å². The van der Waals surface area contributed by atoms with Crippen LogP contribution < -0.4 is 10.1 Å². The molecule has 0 aliphatic carbocycles. The fraction of sp³-hybridized carbons (Fsp3) is 0.143. The van der Waals surface area contributed by atoms with E-state index < -0.39 is 0 Å². The highest BCUT2D eigenvalue weighted by Gasteiger charge is 2.06. The molecule has 0 fully saturated rings. The van der Waals surface area contributed by atoms with Gasteiger partial charge >= 0.3 is 0 Å². The average Bonchev–Trinajstić information content (AvgIpc) is 2.46. The maximum Gasteiger partial charge on any atom is 0.253 e. The number of methoxy groups -OCH3 is 1. The fourth-order valence-electron chi connectivity index (χ4n) is 1.60. The Kier molecular flexibility index (Phi) is 4.36. The highest BCUT2D eigenvalue weighted by Crippen LogP contribution is 2.24. The maximum absolute atomic E-state index is 11.8. The van der Waals surface area contributed by atoms with Crippen molar-refractivity contribution in [1.29, 1.82) is 0 Å². The second-order valence-electron chi connectivity index (χ2n) is 3.89. The Morgan fingerprint density at radius 3 is 2.89 bits per heavy atom. The van der Waals surface area contributed by atoms with Crippen molar-refractivity contribution in [2.24, 2.45) is 0 Å². The van der Waals surface area contributed by atoms with Crippen LogP contribution in [-0.2, 0) is 6.54 Å². The smallest absolute Gasteiger partial charge is 0.253 e. The number of hydrogen-bond donors (Lipinski definition) is 1. The Balaban J connectivity index is 1.99. The van der Waals surface area contributed by atoms with E-state index in [9.17, 15) is 4.79 Å². The summed E-state index contributed by atoms with van der Waals surface area (Å²) < 4.78 is 5.07. The molecular formula is C14H13ClN2O2. The number of rotatable bonds is 4. The largest absolute Gasteiger partial charge is 0.495 e. The molecule has 98 valence electrons. The Morgan fingerprint density at radius 1 is 1.42 bits per heavy atom. The third-order valence-electron chi connectivity index (χ3n) is 2.59. The van der Waals surface area contributed by atoms with Gasteiger partial charge in [-0.25, -0.2) is 0 Å². The lowest BCUT2D eigenvalue weighted by molar-refractivity contribution is 0.0950. The predicted octanol–water partition coefficient (Wildman–Crippen LogP) is 2.67. The molecule has 0 radical (unpaired) electrons. The van der Waals surface area contributed by atoms with E-state index in [2.05, 4.69) is 10.3 Å². The zero-order valence-electron chi connectivity index (χ0n) is 10.4. The molecule has 1 amide bonds. The molecular weight excluding hydrogens is 264 g/mol. The van der Waals surface area contributed by atoms with E-state index in [1.807, 2.05) is 6.07 Å². The van der Waals surface area contributed by atoms with Crippen molar-refractivity contribution in [1.82, 2.24) is 10.3 Å². The monoisotopic (exact) mass is 276 g/mol. The summed E-state index contributed by atoms with van der Waals surface area (Å²) >= 11 is 6.01. The van der Waals surface area contributed by atoms with E-state index in [0.717, 1.165) is 5.56 Å². The van der Waals surface area contributed by atoms with Crippen LogP contribution in [0.4, 0.5) is 0 Å². The number of amides is 1. The molecule has 4 nitrogen and oxygen atoms in total. The summed E-state index contributed by atoms with van der Waals surface area (Å²) in [6.45, 7) is 0.400. The van der Waals surface area contributed by atoms with Crippen LogP contribution in [0.3, 0.4) is 0 Å². The summed E-state index contributed by atoms with van der Waals surface area (Å²) in [5.74, 6) is 0.448. The summed E-state index contributed by atoms with van der Waals surface area (Å²) in [5.41, 5.74) is 1.44. The second-order valence-corrected chi connectivity index (χ2v) is 4.30. The first-order valence-corrected chi connectivity index (χ1v) is 6.09. The van der Waals surface area contributed by atoms with Gasteiger partial charge in [-0.1, -0.05) is 17.7 Å². The lowest BCUT2D eigenvalue weighted by atomic mass is 10.2. The zero-order chi connectivity index (χ0) is 13.7. The minimum absolute atomic E-state index is 0.167. The highest BCUT2D eigenvalue weighted by molar-refractivity contribution is 6.32. The molecule has 0 saturated carbocycles. The van der Waals surface area contributed by atoms with Crippen LogP contribution in [0.15, 0.2) is 42.7 Å². The normalized spacial score (nSPS) is 10.0. The quantitative estimate of drug-likeness (QED) is 0.934. The molecule has 0 bridgehead atoms. The third-order valence-corrected chi connectivity index (χ3v) is 2.89. The molecule has 0 spiro atoms. The summed E-state index contributed by atoms with van der Waals surface area (Å²) in [4.78, 5) is 15.7. The molecule has 19 heavy (non-hydrogen) atoms. The first kappa shape index (κ1) is 13.4. The van der Waals surface area contributed by atoms with Crippen LogP contribution in [0.5, 0.6) is 5.75 Å². The van der Waals surface area contributed by atoms with Crippen LogP contribution >= 0.6 is 11.6 Å². The number of aromatic nitrogens is 1. The van der Waals surface area contributed by atoms with Crippen molar-refractivity contribution in [2.75, 3.05) is 7.11 Å². The van der Waals surface area contributed by atoms with Gasteiger partial charge < -0.3 is 10.1 Å². The molecule has 2 aromatic rings. The van der Waals surface area contributed by atoms with Gasteiger partial charge in [0.05, 0.1) is 17.7 Å². The lowest BCUT2D eigenvalue weighted by Crippen LogP contribution is -2.22. The average molecular weight is 277 g/mol. The summed E-state index contributed by atoms with van der Waals surface area (Å²) in [6, 6.07) is 8.83. The number of nitrogens with zero attached hydrogens (tertiary/aromatic N) is 1. The van der Waals surface area contributed by atoms with Crippen molar-refractivity contribution in [2.45, 2.75) is 6.54 Å². The molecule has 1 N–H and O–H groups in total. The lowest BCUT2D eigenvalue weighted by Gasteiger charge is -2.07. The van der Waals surface area contributed by atoms with Crippen LogP contribution in [0, 0.1) is 0 Å². The number of pyridine rings is 1. The standard InChI is InChI=1S/C14H13ClN2O2/c1-19-13-5-4-10(7-12(13)15)8-17-14(18)11-3-2-6-16-9-11/h2-7,9H,8H2,1H3,(H,17,18). The number of carbonyl (C=O) groups excluding carboxylic acids is 1. The maximum atomic E-state index is 11.8. The Bertz CT molecular complexity index is 573. The van der Waals surface area contributed by atoms with Gasteiger partial charge in [0.15, 0.2) is 0 Å². The minimum atomic E-state index is -0.167. The SMILES string of the molecule is COc1ccc(CNC(=O)c2cccnc2)cc1Cl. The molecule has 1 aromatic carbocycles. The number of halogens is 1. The number of carbonyl (C=O) groups is 1.